The van der Waals surface area contributed by atoms with Crippen LogP contribution in [0.5, 0.6) is 0 Å². The van der Waals surface area contributed by atoms with E-state index in [9.17, 15) is 0 Å². The monoisotopic (exact) mass is 286 g/mol. The van der Waals surface area contributed by atoms with Crippen molar-refractivity contribution in [2.75, 3.05) is 18.9 Å². The lowest BCUT2D eigenvalue weighted by Crippen LogP contribution is -2.45. The van der Waals surface area contributed by atoms with Crippen molar-refractivity contribution >= 4 is 5.69 Å². The number of rotatable bonds is 2. The van der Waals surface area contributed by atoms with E-state index >= 15 is 0 Å². The number of benzene rings is 1. The van der Waals surface area contributed by atoms with Crippen LogP contribution in [0.25, 0.3) is 0 Å². The summed E-state index contributed by atoms with van der Waals surface area (Å²) in [6.45, 7) is 5.94. The van der Waals surface area contributed by atoms with Gasteiger partial charge in [-0.3, -0.25) is 4.90 Å². The van der Waals surface area contributed by atoms with E-state index in [0.29, 0.717) is 11.5 Å². The lowest BCUT2D eigenvalue weighted by atomic mass is 9.75. The fraction of sp³-hybridized carbons (Fsp3) is 0.684. The Morgan fingerprint density at radius 2 is 1.76 bits per heavy atom. The predicted molar refractivity (Wildman–Crippen MR) is 90.8 cm³/mol. The number of anilines is 1. The Kier molecular flexibility index (Phi) is 4.26. The van der Waals surface area contributed by atoms with Crippen molar-refractivity contribution in [3.8, 4) is 0 Å². The summed E-state index contributed by atoms with van der Waals surface area (Å²) in [5.74, 6) is 0. The summed E-state index contributed by atoms with van der Waals surface area (Å²) in [6, 6.07) is 10.2. The van der Waals surface area contributed by atoms with Crippen molar-refractivity contribution in [2.24, 2.45) is 5.41 Å². The van der Waals surface area contributed by atoms with Crippen LogP contribution >= 0.6 is 0 Å². The van der Waals surface area contributed by atoms with Gasteiger partial charge in [0.25, 0.3) is 0 Å². The summed E-state index contributed by atoms with van der Waals surface area (Å²) in [7, 11) is 2.35. The van der Waals surface area contributed by atoms with E-state index in [0.717, 1.165) is 12.6 Å². The fourth-order valence-corrected chi connectivity index (χ4v) is 4.00. The van der Waals surface area contributed by atoms with Crippen LogP contribution in [-0.2, 0) is 6.42 Å². The van der Waals surface area contributed by atoms with Gasteiger partial charge >= 0.3 is 0 Å². The molecule has 1 saturated carbocycles. The second-order valence-corrected chi connectivity index (χ2v) is 7.79. The van der Waals surface area contributed by atoms with Gasteiger partial charge in [0.1, 0.15) is 0 Å². The summed E-state index contributed by atoms with van der Waals surface area (Å²) >= 11 is 0. The molecular weight excluding hydrogens is 256 g/mol. The normalized spacial score (nSPS) is 26.0. The zero-order valence-electron chi connectivity index (χ0n) is 13.9. The van der Waals surface area contributed by atoms with Crippen molar-refractivity contribution in [2.45, 2.75) is 64.5 Å². The molecule has 0 bridgehead atoms. The Morgan fingerprint density at radius 3 is 2.52 bits per heavy atom. The number of likely N-dealkylation sites (N-methyl/N-ethyl adjacent to an activating group) is 1. The highest BCUT2D eigenvalue weighted by Gasteiger charge is 2.31. The predicted octanol–water partition coefficient (Wildman–Crippen LogP) is 4.31. The minimum absolute atomic E-state index is 0.565. The van der Waals surface area contributed by atoms with Crippen molar-refractivity contribution in [1.82, 2.24) is 4.90 Å². The molecule has 0 amide bonds. The molecule has 1 aliphatic carbocycles. The summed E-state index contributed by atoms with van der Waals surface area (Å²) in [5.41, 5.74) is 3.39. The van der Waals surface area contributed by atoms with Crippen LogP contribution in [-0.4, -0.2) is 30.6 Å². The van der Waals surface area contributed by atoms with Gasteiger partial charge in [0.2, 0.25) is 0 Å². The van der Waals surface area contributed by atoms with Crippen molar-refractivity contribution in [3.05, 3.63) is 29.8 Å². The summed E-state index contributed by atoms with van der Waals surface area (Å²) in [5, 5.41) is 3.67. The first kappa shape index (κ1) is 14.9. The Bertz CT molecular complexity index is 443. The SMILES string of the molecule is CN(C1CCC(C)(C)CC1)C1CCc2ccccc2NC1. The topological polar surface area (TPSA) is 15.3 Å². The van der Waals surface area contributed by atoms with E-state index in [1.807, 2.05) is 0 Å². The van der Waals surface area contributed by atoms with Crippen LogP contribution in [0.1, 0.15) is 51.5 Å². The minimum atomic E-state index is 0.565. The van der Waals surface area contributed by atoms with Crippen LogP contribution in [0.2, 0.25) is 0 Å². The molecule has 0 spiro atoms. The lowest BCUT2D eigenvalue weighted by Gasteiger charge is -2.41. The van der Waals surface area contributed by atoms with E-state index in [-0.39, 0.29) is 0 Å². The Hall–Kier alpha value is -1.02. The third-order valence-corrected chi connectivity index (χ3v) is 5.75. The number of hydrogen-bond donors (Lipinski definition) is 1. The molecular formula is C19H30N2. The maximum absolute atomic E-state index is 3.67. The molecule has 1 fully saturated rings. The highest BCUT2D eigenvalue weighted by atomic mass is 15.2. The molecule has 0 saturated heterocycles. The molecule has 1 N–H and O–H groups in total. The lowest BCUT2D eigenvalue weighted by molar-refractivity contribution is 0.0955. The fourth-order valence-electron chi connectivity index (χ4n) is 4.00. The Morgan fingerprint density at radius 1 is 1.05 bits per heavy atom. The van der Waals surface area contributed by atoms with Gasteiger partial charge in [-0.2, -0.15) is 0 Å². The number of aryl methyl sites for hydroxylation is 1. The van der Waals surface area contributed by atoms with Gasteiger partial charge in [-0.1, -0.05) is 32.0 Å². The molecule has 2 heteroatoms. The largest absolute Gasteiger partial charge is 0.383 e. The summed E-state index contributed by atoms with van der Waals surface area (Å²) in [6.07, 6.45) is 7.97. The molecule has 3 rings (SSSR count). The van der Waals surface area contributed by atoms with Gasteiger partial charge in [0, 0.05) is 24.3 Å². The standard InChI is InChI=1S/C19H30N2/c1-19(2)12-10-16(11-13-19)21(3)17-9-8-15-6-4-5-7-18(15)20-14-17/h4-7,16-17,20H,8-14H2,1-3H3. The summed E-state index contributed by atoms with van der Waals surface area (Å²) in [4.78, 5) is 2.67. The molecule has 1 unspecified atom stereocenters. The number of fused-ring (bicyclic) bond motifs is 1. The molecule has 1 aromatic carbocycles. The van der Waals surface area contributed by atoms with Crippen LogP contribution < -0.4 is 5.32 Å². The molecule has 0 aromatic heterocycles. The zero-order chi connectivity index (χ0) is 14.9. The number of para-hydroxylation sites is 1. The number of nitrogens with one attached hydrogen (secondary N) is 1. The van der Waals surface area contributed by atoms with Crippen LogP contribution in [0.4, 0.5) is 5.69 Å². The first-order valence-corrected chi connectivity index (χ1v) is 8.59. The van der Waals surface area contributed by atoms with Crippen molar-refractivity contribution in [1.29, 1.82) is 0 Å². The molecule has 21 heavy (non-hydrogen) atoms. The van der Waals surface area contributed by atoms with E-state index in [4.69, 9.17) is 0 Å². The Labute approximate surface area is 129 Å². The average Bonchev–Trinajstić information content (AvgIpc) is 2.69. The molecule has 116 valence electrons. The molecule has 1 heterocycles. The van der Waals surface area contributed by atoms with Gasteiger partial charge in [0.05, 0.1) is 0 Å². The quantitative estimate of drug-likeness (QED) is 0.871. The van der Waals surface area contributed by atoms with Crippen LogP contribution in [0.3, 0.4) is 0 Å². The Balaban J connectivity index is 1.61. The first-order chi connectivity index (χ1) is 10.1. The minimum Gasteiger partial charge on any atom is -0.383 e. The average molecular weight is 286 g/mol. The van der Waals surface area contributed by atoms with Gasteiger partial charge in [-0.25, -0.2) is 0 Å². The molecule has 2 aliphatic rings. The smallest absolute Gasteiger partial charge is 0.0373 e. The molecule has 0 radical (unpaired) electrons. The summed E-state index contributed by atoms with van der Waals surface area (Å²) < 4.78 is 0. The molecule has 1 aliphatic heterocycles. The van der Waals surface area contributed by atoms with Gasteiger partial charge in [0.15, 0.2) is 0 Å². The van der Waals surface area contributed by atoms with Gasteiger partial charge in [-0.05, 0) is 62.6 Å². The molecule has 2 nitrogen and oxygen atoms in total. The van der Waals surface area contributed by atoms with E-state index in [1.54, 1.807) is 0 Å². The molecule has 1 atom stereocenters. The van der Waals surface area contributed by atoms with E-state index < -0.39 is 0 Å². The second kappa shape index (κ2) is 6.00. The van der Waals surface area contributed by atoms with E-state index in [1.165, 1.54) is 49.8 Å². The highest BCUT2D eigenvalue weighted by molar-refractivity contribution is 5.52. The first-order valence-electron chi connectivity index (χ1n) is 8.59. The maximum atomic E-state index is 3.67. The van der Waals surface area contributed by atoms with Gasteiger partial charge < -0.3 is 5.32 Å². The number of nitrogens with zero attached hydrogens (tertiary/aromatic N) is 1. The van der Waals surface area contributed by atoms with Crippen LogP contribution in [0.15, 0.2) is 24.3 Å². The van der Waals surface area contributed by atoms with Gasteiger partial charge in [-0.15, -0.1) is 0 Å². The third kappa shape index (κ3) is 3.42. The van der Waals surface area contributed by atoms with Crippen molar-refractivity contribution in [3.63, 3.8) is 0 Å². The number of hydrogen-bond acceptors (Lipinski definition) is 2. The third-order valence-electron chi connectivity index (χ3n) is 5.75. The maximum Gasteiger partial charge on any atom is 0.0373 e. The van der Waals surface area contributed by atoms with E-state index in [2.05, 4.69) is 55.4 Å². The van der Waals surface area contributed by atoms with Crippen LogP contribution in [0, 0.1) is 5.41 Å². The zero-order valence-corrected chi connectivity index (χ0v) is 13.9. The van der Waals surface area contributed by atoms with Crippen molar-refractivity contribution < 1.29 is 0 Å². The highest BCUT2D eigenvalue weighted by Crippen LogP contribution is 2.37. The second-order valence-electron chi connectivity index (χ2n) is 7.79. The molecule has 1 aromatic rings.